The number of hydrogen-bond acceptors (Lipinski definition) is 6. The highest BCUT2D eigenvalue weighted by Gasteiger charge is 2.09. The Balaban J connectivity index is 1.97. The molecule has 0 radical (unpaired) electrons. The highest BCUT2D eigenvalue weighted by atomic mass is 32.1. The van der Waals surface area contributed by atoms with E-state index >= 15 is 0 Å². The molecule has 0 saturated carbocycles. The highest BCUT2D eigenvalue weighted by Crippen LogP contribution is 2.11. The van der Waals surface area contributed by atoms with Gasteiger partial charge in [-0.1, -0.05) is 0 Å². The van der Waals surface area contributed by atoms with Gasteiger partial charge in [-0.25, -0.2) is 4.98 Å². The molecule has 0 bridgehead atoms. The molecule has 6 nitrogen and oxygen atoms in total. The number of amides is 1. The third-order valence-corrected chi connectivity index (χ3v) is 3.34. The molecule has 2 aromatic rings. The minimum atomic E-state index is -0.238. The second kappa shape index (κ2) is 5.54. The lowest BCUT2D eigenvalue weighted by Gasteiger charge is -2.03. The van der Waals surface area contributed by atoms with E-state index in [9.17, 15) is 4.79 Å². The molecule has 0 aliphatic carbocycles. The Kier molecular flexibility index (Phi) is 3.83. The first-order chi connectivity index (χ1) is 8.70. The van der Waals surface area contributed by atoms with Crippen molar-refractivity contribution in [3.8, 4) is 0 Å². The number of carbonyl (C=O) groups is 1. The van der Waals surface area contributed by atoms with Crippen LogP contribution in [0.4, 0.5) is 5.82 Å². The monoisotopic (exact) mass is 263 g/mol. The summed E-state index contributed by atoms with van der Waals surface area (Å²) in [5, 5.41) is 13.3. The zero-order valence-electron chi connectivity index (χ0n) is 10.1. The molecule has 2 heterocycles. The van der Waals surface area contributed by atoms with Gasteiger partial charge in [0.1, 0.15) is 5.82 Å². The topological polar surface area (TPSA) is 79.8 Å². The van der Waals surface area contributed by atoms with Crippen molar-refractivity contribution in [2.45, 2.75) is 13.5 Å². The van der Waals surface area contributed by atoms with Crippen molar-refractivity contribution in [1.82, 2.24) is 20.5 Å². The van der Waals surface area contributed by atoms with Crippen LogP contribution in [0.15, 0.2) is 17.6 Å². The summed E-state index contributed by atoms with van der Waals surface area (Å²) in [6.07, 6.45) is 0. The van der Waals surface area contributed by atoms with Gasteiger partial charge in [-0.3, -0.25) is 4.79 Å². The Bertz CT molecular complexity index is 537. The van der Waals surface area contributed by atoms with Crippen molar-refractivity contribution >= 4 is 23.1 Å². The number of rotatable bonds is 4. The van der Waals surface area contributed by atoms with E-state index in [1.807, 2.05) is 6.92 Å². The molecule has 1 amide bonds. The lowest BCUT2D eigenvalue weighted by Crippen LogP contribution is -2.24. The van der Waals surface area contributed by atoms with Gasteiger partial charge in [0.15, 0.2) is 5.69 Å². The minimum absolute atomic E-state index is 0.238. The number of anilines is 1. The van der Waals surface area contributed by atoms with Crippen LogP contribution in [0.3, 0.4) is 0 Å². The Labute approximate surface area is 108 Å². The zero-order chi connectivity index (χ0) is 13.0. The van der Waals surface area contributed by atoms with Crippen molar-refractivity contribution in [2.75, 3.05) is 12.4 Å². The number of aromatic nitrogens is 3. The number of aryl methyl sites for hydroxylation is 1. The average molecular weight is 263 g/mol. The van der Waals surface area contributed by atoms with Crippen molar-refractivity contribution < 1.29 is 4.79 Å². The van der Waals surface area contributed by atoms with Crippen molar-refractivity contribution in [2.24, 2.45) is 0 Å². The summed E-state index contributed by atoms with van der Waals surface area (Å²) in [6, 6.07) is 3.34. The van der Waals surface area contributed by atoms with Crippen LogP contribution in [-0.4, -0.2) is 28.1 Å². The van der Waals surface area contributed by atoms with Crippen molar-refractivity contribution in [3.05, 3.63) is 33.9 Å². The Hall–Kier alpha value is -2.02. The highest BCUT2D eigenvalue weighted by molar-refractivity contribution is 7.09. The number of thiazole rings is 1. The first kappa shape index (κ1) is 12.4. The van der Waals surface area contributed by atoms with Gasteiger partial charge in [0.25, 0.3) is 5.91 Å². The fraction of sp³-hybridized carbons (Fsp3) is 0.273. The molecule has 7 heteroatoms. The van der Waals surface area contributed by atoms with E-state index in [1.165, 1.54) is 11.3 Å². The predicted molar refractivity (Wildman–Crippen MR) is 69.6 cm³/mol. The molecule has 0 aliphatic rings. The lowest BCUT2D eigenvalue weighted by atomic mass is 10.3. The molecule has 94 valence electrons. The normalized spacial score (nSPS) is 10.1. The largest absolute Gasteiger partial charge is 0.372 e. The standard InChI is InChI=1S/C11H13N5OS/c1-7-9(18-6-14-7)5-13-11(17)8-3-4-10(12-2)16-15-8/h3-4,6H,5H2,1-2H3,(H,12,16)(H,13,17). The summed E-state index contributed by atoms with van der Waals surface area (Å²) in [5.74, 6) is 0.391. The van der Waals surface area contributed by atoms with E-state index in [4.69, 9.17) is 0 Å². The van der Waals surface area contributed by atoms with Crippen molar-refractivity contribution in [3.63, 3.8) is 0 Å². The third-order valence-electron chi connectivity index (χ3n) is 2.41. The van der Waals surface area contributed by atoms with Gasteiger partial charge in [-0.2, -0.15) is 0 Å². The molecule has 2 N–H and O–H groups in total. The van der Waals surface area contributed by atoms with E-state index in [0.29, 0.717) is 18.1 Å². The molecule has 2 rings (SSSR count). The van der Waals surface area contributed by atoms with E-state index in [2.05, 4.69) is 25.8 Å². The van der Waals surface area contributed by atoms with Crippen LogP contribution in [0, 0.1) is 6.92 Å². The number of nitrogens with one attached hydrogen (secondary N) is 2. The van der Waals surface area contributed by atoms with E-state index in [-0.39, 0.29) is 5.91 Å². The Morgan fingerprint density at radius 3 is 2.78 bits per heavy atom. The quantitative estimate of drug-likeness (QED) is 0.866. The summed E-state index contributed by atoms with van der Waals surface area (Å²) < 4.78 is 0. The zero-order valence-corrected chi connectivity index (χ0v) is 10.9. The summed E-state index contributed by atoms with van der Waals surface area (Å²) in [7, 11) is 1.75. The van der Waals surface area contributed by atoms with Gasteiger partial charge in [0.2, 0.25) is 0 Å². The van der Waals surface area contributed by atoms with Gasteiger partial charge in [0.05, 0.1) is 17.7 Å². The number of hydrogen-bond donors (Lipinski definition) is 2. The summed E-state index contributed by atoms with van der Waals surface area (Å²) >= 11 is 1.52. The number of nitrogens with zero attached hydrogens (tertiary/aromatic N) is 3. The lowest BCUT2D eigenvalue weighted by molar-refractivity contribution is 0.0945. The van der Waals surface area contributed by atoms with Gasteiger partial charge in [-0.15, -0.1) is 21.5 Å². The fourth-order valence-electron chi connectivity index (χ4n) is 1.33. The second-order valence-corrected chi connectivity index (χ2v) is 4.54. The molecule has 0 spiro atoms. The fourth-order valence-corrected chi connectivity index (χ4v) is 2.05. The summed E-state index contributed by atoms with van der Waals surface area (Å²) in [6.45, 7) is 2.38. The minimum Gasteiger partial charge on any atom is -0.372 e. The number of carbonyl (C=O) groups excluding carboxylic acids is 1. The van der Waals surface area contributed by atoms with E-state index < -0.39 is 0 Å². The first-order valence-corrected chi connectivity index (χ1v) is 6.27. The first-order valence-electron chi connectivity index (χ1n) is 5.39. The molecular formula is C11H13N5OS. The maximum Gasteiger partial charge on any atom is 0.272 e. The molecule has 18 heavy (non-hydrogen) atoms. The maximum absolute atomic E-state index is 11.8. The molecule has 0 unspecified atom stereocenters. The summed E-state index contributed by atoms with van der Waals surface area (Å²) in [4.78, 5) is 17.0. The SMILES string of the molecule is CNc1ccc(C(=O)NCc2scnc2C)nn1. The van der Waals surface area contributed by atoms with Crippen molar-refractivity contribution in [1.29, 1.82) is 0 Å². The van der Waals surface area contributed by atoms with Crippen LogP contribution in [0.1, 0.15) is 21.1 Å². The van der Waals surface area contributed by atoms with E-state index in [1.54, 1.807) is 24.7 Å². The Morgan fingerprint density at radius 1 is 1.39 bits per heavy atom. The van der Waals surface area contributed by atoms with Crippen LogP contribution in [0.5, 0.6) is 0 Å². The molecule has 0 saturated heterocycles. The molecule has 0 aromatic carbocycles. The average Bonchev–Trinajstić information content (AvgIpc) is 2.81. The van der Waals surface area contributed by atoms with Crippen LogP contribution >= 0.6 is 11.3 Å². The molecule has 0 fully saturated rings. The van der Waals surface area contributed by atoms with Crippen LogP contribution in [-0.2, 0) is 6.54 Å². The third kappa shape index (κ3) is 2.80. The van der Waals surface area contributed by atoms with E-state index in [0.717, 1.165) is 10.6 Å². The Morgan fingerprint density at radius 2 is 2.22 bits per heavy atom. The molecule has 2 aromatic heterocycles. The predicted octanol–water partition coefficient (Wildman–Crippen LogP) is 1.21. The van der Waals surface area contributed by atoms with Gasteiger partial charge in [0, 0.05) is 11.9 Å². The van der Waals surface area contributed by atoms with Crippen LogP contribution in [0.25, 0.3) is 0 Å². The van der Waals surface area contributed by atoms with Crippen LogP contribution in [0.2, 0.25) is 0 Å². The second-order valence-electron chi connectivity index (χ2n) is 3.60. The van der Waals surface area contributed by atoms with Gasteiger partial charge in [-0.05, 0) is 19.1 Å². The van der Waals surface area contributed by atoms with Gasteiger partial charge < -0.3 is 10.6 Å². The summed E-state index contributed by atoms with van der Waals surface area (Å²) in [5.41, 5.74) is 3.01. The molecule has 0 aliphatic heterocycles. The molecule has 0 atom stereocenters. The maximum atomic E-state index is 11.8. The smallest absolute Gasteiger partial charge is 0.272 e. The van der Waals surface area contributed by atoms with Crippen LogP contribution < -0.4 is 10.6 Å². The van der Waals surface area contributed by atoms with Gasteiger partial charge >= 0.3 is 0 Å². The molecular weight excluding hydrogens is 250 g/mol.